The molecule has 0 spiro atoms. The molecule has 0 saturated carbocycles. The molecule has 1 N–H and O–H groups in total. The van der Waals surface area contributed by atoms with Crippen molar-refractivity contribution in [2.24, 2.45) is 0 Å². The standard InChI is InChI=1S/C31H39N3O4S/c1-7-28(31(36)32-8-2)33(20-26-14-9-22(3)10-15-26)30(35)21-34(29-18-13-24(5)19-25(29)6)39(37,38)27-16-11-23(4)12-17-27/h9-19,28H,7-8,20-21H2,1-6H3,(H,32,36)/t28-/m1/s1. The molecule has 0 aliphatic carbocycles. The van der Waals surface area contributed by atoms with E-state index in [0.29, 0.717) is 18.7 Å². The van der Waals surface area contributed by atoms with E-state index in [9.17, 15) is 18.0 Å². The van der Waals surface area contributed by atoms with Gasteiger partial charge in [0, 0.05) is 13.1 Å². The summed E-state index contributed by atoms with van der Waals surface area (Å²) in [5.74, 6) is -0.718. The zero-order chi connectivity index (χ0) is 28.7. The Kier molecular flexibility index (Phi) is 9.92. The molecule has 7 nitrogen and oxygen atoms in total. The van der Waals surface area contributed by atoms with Crippen molar-refractivity contribution in [2.45, 2.75) is 65.4 Å². The second-order valence-electron chi connectivity index (χ2n) is 9.94. The number of nitrogens with zero attached hydrogens (tertiary/aromatic N) is 2. The monoisotopic (exact) mass is 549 g/mol. The summed E-state index contributed by atoms with van der Waals surface area (Å²) in [6.07, 6.45) is 0.387. The van der Waals surface area contributed by atoms with Gasteiger partial charge in [-0.2, -0.15) is 0 Å². The number of nitrogens with one attached hydrogen (secondary N) is 1. The van der Waals surface area contributed by atoms with Gasteiger partial charge in [-0.05, 0) is 70.4 Å². The molecule has 0 fully saturated rings. The van der Waals surface area contributed by atoms with Gasteiger partial charge in [0.2, 0.25) is 11.8 Å². The van der Waals surface area contributed by atoms with E-state index in [1.54, 1.807) is 30.3 Å². The van der Waals surface area contributed by atoms with Gasteiger partial charge in [0.15, 0.2) is 0 Å². The molecule has 0 aromatic heterocycles. The molecule has 8 heteroatoms. The van der Waals surface area contributed by atoms with Crippen LogP contribution in [0.2, 0.25) is 0 Å². The van der Waals surface area contributed by atoms with Crippen molar-refractivity contribution in [3.05, 3.63) is 94.5 Å². The number of amides is 2. The molecule has 2 amide bonds. The summed E-state index contributed by atoms with van der Waals surface area (Å²) in [5.41, 5.74) is 5.02. The van der Waals surface area contributed by atoms with E-state index in [1.807, 2.05) is 77.9 Å². The van der Waals surface area contributed by atoms with E-state index < -0.39 is 28.5 Å². The van der Waals surface area contributed by atoms with Gasteiger partial charge in [-0.15, -0.1) is 0 Å². The van der Waals surface area contributed by atoms with Gasteiger partial charge in [0.25, 0.3) is 10.0 Å². The highest BCUT2D eigenvalue weighted by atomic mass is 32.2. The lowest BCUT2D eigenvalue weighted by molar-refractivity contribution is -0.140. The van der Waals surface area contributed by atoms with Crippen LogP contribution in [-0.4, -0.2) is 44.3 Å². The first-order chi connectivity index (χ1) is 18.5. The van der Waals surface area contributed by atoms with Gasteiger partial charge >= 0.3 is 0 Å². The molecular formula is C31H39N3O4S. The Bertz CT molecular complexity index is 1400. The quantitative estimate of drug-likeness (QED) is 0.362. The number of benzene rings is 3. The lowest BCUT2D eigenvalue weighted by Gasteiger charge is -2.33. The van der Waals surface area contributed by atoms with Crippen LogP contribution in [0.4, 0.5) is 5.69 Å². The number of sulfonamides is 1. The predicted molar refractivity (Wildman–Crippen MR) is 156 cm³/mol. The Balaban J connectivity index is 2.09. The lowest BCUT2D eigenvalue weighted by Crippen LogP contribution is -2.52. The molecular weight excluding hydrogens is 510 g/mol. The summed E-state index contributed by atoms with van der Waals surface area (Å²) in [4.78, 5) is 28.7. The number of likely N-dealkylation sites (N-methyl/N-ethyl adjacent to an activating group) is 1. The van der Waals surface area contributed by atoms with Crippen molar-refractivity contribution in [2.75, 3.05) is 17.4 Å². The van der Waals surface area contributed by atoms with E-state index in [-0.39, 0.29) is 17.3 Å². The second kappa shape index (κ2) is 12.9. The van der Waals surface area contributed by atoms with Crippen LogP contribution in [0.25, 0.3) is 0 Å². The van der Waals surface area contributed by atoms with E-state index in [4.69, 9.17) is 0 Å². The smallest absolute Gasteiger partial charge is 0.264 e. The van der Waals surface area contributed by atoms with E-state index in [0.717, 1.165) is 27.8 Å². The largest absolute Gasteiger partial charge is 0.355 e. The number of hydrogen-bond donors (Lipinski definition) is 1. The van der Waals surface area contributed by atoms with Gasteiger partial charge in [-0.1, -0.05) is 72.1 Å². The minimum atomic E-state index is -4.09. The fourth-order valence-electron chi connectivity index (χ4n) is 4.54. The number of carbonyl (C=O) groups is 2. The fraction of sp³-hybridized carbons (Fsp3) is 0.355. The highest BCUT2D eigenvalue weighted by Crippen LogP contribution is 2.28. The molecule has 0 radical (unpaired) electrons. The lowest BCUT2D eigenvalue weighted by atomic mass is 10.1. The Morgan fingerprint density at radius 2 is 1.38 bits per heavy atom. The highest BCUT2D eigenvalue weighted by Gasteiger charge is 2.34. The molecule has 0 bridgehead atoms. The molecule has 1 atom stereocenters. The van der Waals surface area contributed by atoms with Crippen LogP contribution < -0.4 is 9.62 Å². The summed E-state index contributed by atoms with van der Waals surface area (Å²) in [6, 6.07) is 19.0. The first-order valence-electron chi connectivity index (χ1n) is 13.3. The zero-order valence-electron chi connectivity index (χ0n) is 23.7. The fourth-order valence-corrected chi connectivity index (χ4v) is 6.02. The summed E-state index contributed by atoms with van der Waals surface area (Å²) in [5, 5.41) is 2.82. The minimum Gasteiger partial charge on any atom is -0.355 e. The van der Waals surface area contributed by atoms with Gasteiger partial charge < -0.3 is 10.2 Å². The number of hydrogen-bond acceptors (Lipinski definition) is 4. The van der Waals surface area contributed by atoms with Crippen molar-refractivity contribution in [3.8, 4) is 0 Å². The van der Waals surface area contributed by atoms with Gasteiger partial charge in [-0.3, -0.25) is 13.9 Å². The van der Waals surface area contributed by atoms with Crippen molar-refractivity contribution in [1.82, 2.24) is 10.2 Å². The number of anilines is 1. The van der Waals surface area contributed by atoms with Gasteiger partial charge in [0.1, 0.15) is 12.6 Å². The second-order valence-corrected chi connectivity index (χ2v) is 11.8. The van der Waals surface area contributed by atoms with Gasteiger partial charge in [0.05, 0.1) is 10.6 Å². The normalized spacial score (nSPS) is 12.1. The Hall–Kier alpha value is -3.65. The maximum Gasteiger partial charge on any atom is 0.264 e. The first-order valence-corrected chi connectivity index (χ1v) is 14.7. The summed E-state index contributed by atoms with van der Waals surface area (Å²) in [7, 11) is -4.09. The summed E-state index contributed by atoms with van der Waals surface area (Å²) in [6.45, 7) is 11.5. The minimum absolute atomic E-state index is 0.0988. The van der Waals surface area contributed by atoms with Crippen LogP contribution in [0.3, 0.4) is 0 Å². The Labute approximate surface area is 232 Å². The molecule has 0 heterocycles. The molecule has 3 aromatic rings. The van der Waals surface area contributed by atoms with Crippen molar-refractivity contribution < 1.29 is 18.0 Å². The third-order valence-electron chi connectivity index (χ3n) is 6.72. The third kappa shape index (κ3) is 7.26. The van der Waals surface area contributed by atoms with E-state index in [1.165, 1.54) is 9.21 Å². The number of carbonyl (C=O) groups excluding carboxylic acids is 2. The molecule has 3 aromatic carbocycles. The number of rotatable bonds is 11. The average Bonchev–Trinajstić information content (AvgIpc) is 2.89. The van der Waals surface area contributed by atoms with Gasteiger partial charge in [-0.25, -0.2) is 8.42 Å². The highest BCUT2D eigenvalue weighted by molar-refractivity contribution is 7.92. The maximum atomic E-state index is 14.1. The molecule has 3 rings (SSSR count). The van der Waals surface area contributed by atoms with Crippen LogP contribution in [0.5, 0.6) is 0 Å². The molecule has 0 aliphatic rings. The molecule has 39 heavy (non-hydrogen) atoms. The number of aryl methyl sites for hydroxylation is 4. The third-order valence-corrected chi connectivity index (χ3v) is 8.49. The van der Waals surface area contributed by atoms with Crippen molar-refractivity contribution >= 4 is 27.5 Å². The Morgan fingerprint density at radius 1 is 0.821 bits per heavy atom. The van der Waals surface area contributed by atoms with Crippen molar-refractivity contribution in [3.63, 3.8) is 0 Å². The summed E-state index contributed by atoms with van der Waals surface area (Å²) < 4.78 is 29.1. The van der Waals surface area contributed by atoms with E-state index >= 15 is 0 Å². The van der Waals surface area contributed by atoms with Crippen molar-refractivity contribution in [1.29, 1.82) is 0 Å². The molecule has 0 aliphatic heterocycles. The predicted octanol–water partition coefficient (Wildman–Crippen LogP) is 5.06. The topological polar surface area (TPSA) is 86.8 Å². The summed E-state index contributed by atoms with van der Waals surface area (Å²) >= 11 is 0. The SMILES string of the molecule is CCNC(=O)[C@@H](CC)N(Cc1ccc(C)cc1)C(=O)CN(c1ccc(C)cc1C)S(=O)(=O)c1ccc(C)cc1. The Morgan fingerprint density at radius 3 is 1.92 bits per heavy atom. The van der Waals surface area contributed by atoms with Crippen LogP contribution in [0.1, 0.15) is 48.1 Å². The van der Waals surface area contributed by atoms with Crippen LogP contribution in [-0.2, 0) is 26.2 Å². The van der Waals surface area contributed by atoms with Crippen LogP contribution in [0, 0.1) is 27.7 Å². The average molecular weight is 550 g/mol. The molecule has 0 saturated heterocycles. The molecule has 0 unspecified atom stereocenters. The van der Waals surface area contributed by atoms with E-state index in [2.05, 4.69) is 5.32 Å². The first kappa shape index (κ1) is 29.9. The van der Waals surface area contributed by atoms with Crippen LogP contribution >= 0.6 is 0 Å². The zero-order valence-corrected chi connectivity index (χ0v) is 24.5. The maximum absolute atomic E-state index is 14.1. The molecule has 208 valence electrons. The van der Waals surface area contributed by atoms with Crippen LogP contribution in [0.15, 0.2) is 71.6 Å².